The number of aliphatic hydroxyl groups is 1. The van der Waals surface area contributed by atoms with Gasteiger partial charge in [-0.1, -0.05) is 29.8 Å². The molecule has 3 N–H and O–H groups in total. The van der Waals surface area contributed by atoms with Crippen molar-refractivity contribution in [3.05, 3.63) is 35.4 Å². The van der Waals surface area contributed by atoms with E-state index >= 15 is 0 Å². The number of hydrogen-bond donors (Lipinski definition) is 3. The average molecular weight is 332 g/mol. The Balaban J connectivity index is 1.48. The first-order chi connectivity index (χ1) is 11.6. The molecule has 1 aliphatic carbocycles. The first-order valence-electron chi connectivity index (χ1n) is 9.01. The molecule has 0 bridgehead atoms. The lowest BCUT2D eigenvalue weighted by Gasteiger charge is -2.32. The van der Waals surface area contributed by atoms with Crippen LogP contribution in [0.4, 0.5) is 4.79 Å². The second-order valence-electron chi connectivity index (χ2n) is 7.10. The van der Waals surface area contributed by atoms with Gasteiger partial charge in [-0.15, -0.1) is 0 Å². The van der Waals surface area contributed by atoms with Crippen LogP contribution in [0.5, 0.6) is 0 Å². The number of amides is 2. The lowest BCUT2D eigenvalue weighted by Crippen LogP contribution is -2.43. The van der Waals surface area contributed by atoms with Crippen molar-refractivity contribution < 1.29 is 14.6 Å². The summed E-state index contributed by atoms with van der Waals surface area (Å²) in [7, 11) is 0. The summed E-state index contributed by atoms with van der Waals surface area (Å²) in [4.78, 5) is 11.9. The Labute approximate surface area is 143 Å². The zero-order chi connectivity index (χ0) is 16.9. The third-order valence-corrected chi connectivity index (χ3v) is 5.01. The molecule has 5 heteroatoms. The van der Waals surface area contributed by atoms with E-state index in [1.165, 1.54) is 11.1 Å². The van der Waals surface area contributed by atoms with E-state index in [4.69, 9.17) is 4.74 Å². The van der Waals surface area contributed by atoms with Crippen LogP contribution in [0, 0.1) is 18.8 Å². The van der Waals surface area contributed by atoms with Gasteiger partial charge in [0.1, 0.15) is 0 Å². The first kappa shape index (κ1) is 17.2. The van der Waals surface area contributed by atoms with Crippen LogP contribution in [0.2, 0.25) is 0 Å². The minimum atomic E-state index is -0.408. The maximum absolute atomic E-state index is 11.9. The Morgan fingerprint density at radius 2 is 2.00 bits per heavy atom. The van der Waals surface area contributed by atoms with Crippen LogP contribution in [0.25, 0.3) is 0 Å². The molecule has 24 heavy (non-hydrogen) atoms. The van der Waals surface area contributed by atoms with Crippen LogP contribution in [-0.2, 0) is 4.74 Å². The topological polar surface area (TPSA) is 70.6 Å². The lowest BCUT2D eigenvalue weighted by atomic mass is 9.89. The van der Waals surface area contributed by atoms with Gasteiger partial charge in [-0.05, 0) is 44.1 Å². The number of benzene rings is 1. The molecule has 0 aromatic heterocycles. The van der Waals surface area contributed by atoms with Gasteiger partial charge in [-0.2, -0.15) is 0 Å². The molecule has 0 unspecified atom stereocenters. The van der Waals surface area contributed by atoms with Gasteiger partial charge in [0.2, 0.25) is 0 Å². The number of hydrogen-bond acceptors (Lipinski definition) is 3. The van der Waals surface area contributed by atoms with E-state index in [2.05, 4.69) is 41.8 Å². The Hall–Kier alpha value is -1.59. The highest BCUT2D eigenvalue weighted by Crippen LogP contribution is 2.33. The summed E-state index contributed by atoms with van der Waals surface area (Å²) < 4.78 is 5.98. The molecule has 132 valence electrons. The Morgan fingerprint density at radius 1 is 1.25 bits per heavy atom. The van der Waals surface area contributed by atoms with E-state index in [1.807, 2.05) is 0 Å². The molecule has 1 saturated carbocycles. The summed E-state index contributed by atoms with van der Waals surface area (Å²) in [5, 5.41) is 15.5. The van der Waals surface area contributed by atoms with Gasteiger partial charge in [0.15, 0.2) is 0 Å². The van der Waals surface area contributed by atoms with E-state index in [9.17, 15) is 9.90 Å². The third kappa shape index (κ3) is 4.71. The summed E-state index contributed by atoms with van der Waals surface area (Å²) in [5.74, 6) is 0.656. The van der Waals surface area contributed by atoms with Crippen molar-refractivity contribution in [2.45, 2.75) is 44.8 Å². The number of carbonyl (C=O) groups excluding carboxylic acids is 1. The van der Waals surface area contributed by atoms with Gasteiger partial charge < -0.3 is 20.5 Å². The fourth-order valence-electron chi connectivity index (χ4n) is 3.31. The molecular formula is C19H28N2O3. The fourth-order valence-corrected chi connectivity index (χ4v) is 3.31. The molecule has 1 aromatic carbocycles. The van der Waals surface area contributed by atoms with E-state index in [0.29, 0.717) is 19.0 Å². The fraction of sp³-hybridized carbons (Fsp3) is 0.632. The third-order valence-electron chi connectivity index (χ3n) is 5.01. The second kappa shape index (κ2) is 7.99. The lowest BCUT2D eigenvalue weighted by molar-refractivity contribution is -0.0269. The van der Waals surface area contributed by atoms with Crippen molar-refractivity contribution in [3.63, 3.8) is 0 Å². The number of carbonyl (C=O) groups is 1. The highest BCUT2D eigenvalue weighted by molar-refractivity contribution is 5.73. The Morgan fingerprint density at radius 3 is 2.71 bits per heavy atom. The molecule has 3 atom stereocenters. The van der Waals surface area contributed by atoms with Crippen LogP contribution in [-0.4, -0.2) is 36.9 Å². The van der Waals surface area contributed by atoms with E-state index < -0.39 is 6.10 Å². The SMILES string of the molecule is Cc1ccc([C@@H]2OCCC[C@@H]2CNC(=O)NC[C@@H](O)C2CC2)cc1. The van der Waals surface area contributed by atoms with E-state index in [0.717, 1.165) is 32.3 Å². The van der Waals surface area contributed by atoms with Crippen LogP contribution in [0.15, 0.2) is 24.3 Å². The van der Waals surface area contributed by atoms with Gasteiger partial charge in [0.25, 0.3) is 0 Å². The van der Waals surface area contributed by atoms with Crippen LogP contribution >= 0.6 is 0 Å². The van der Waals surface area contributed by atoms with Gasteiger partial charge >= 0.3 is 6.03 Å². The summed E-state index contributed by atoms with van der Waals surface area (Å²) in [6.07, 6.45) is 3.84. The Kier molecular flexibility index (Phi) is 5.74. The summed E-state index contributed by atoms with van der Waals surface area (Å²) in [5.41, 5.74) is 2.41. The Bertz CT molecular complexity index is 542. The molecule has 3 rings (SSSR count). The zero-order valence-electron chi connectivity index (χ0n) is 14.3. The summed E-state index contributed by atoms with van der Waals surface area (Å²) in [6, 6.07) is 8.23. The number of aliphatic hydroxyl groups excluding tert-OH is 1. The minimum absolute atomic E-state index is 0.0386. The molecule has 2 aliphatic rings. The molecule has 1 heterocycles. The molecular weight excluding hydrogens is 304 g/mol. The van der Waals surface area contributed by atoms with Crippen LogP contribution in [0.1, 0.15) is 42.9 Å². The average Bonchev–Trinajstić information content (AvgIpc) is 3.44. The minimum Gasteiger partial charge on any atom is -0.391 e. The van der Waals surface area contributed by atoms with Crippen molar-refractivity contribution in [2.75, 3.05) is 19.7 Å². The molecule has 5 nitrogen and oxygen atoms in total. The van der Waals surface area contributed by atoms with Crippen molar-refractivity contribution in [1.29, 1.82) is 0 Å². The summed E-state index contributed by atoms with van der Waals surface area (Å²) in [6.45, 7) is 3.77. The van der Waals surface area contributed by atoms with Gasteiger partial charge in [0.05, 0.1) is 12.2 Å². The van der Waals surface area contributed by atoms with E-state index in [1.54, 1.807) is 0 Å². The van der Waals surface area contributed by atoms with Crippen molar-refractivity contribution in [2.24, 2.45) is 11.8 Å². The van der Waals surface area contributed by atoms with Crippen molar-refractivity contribution in [1.82, 2.24) is 10.6 Å². The molecule has 0 radical (unpaired) electrons. The molecule has 2 amide bonds. The molecule has 1 aromatic rings. The zero-order valence-corrected chi connectivity index (χ0v) is 14.3. The number of ether oxygens (including phenoxy) is 1. The van der Waals surface area contributed by atoms with Crippen LogP contribution < -0.4 is 10.6 Å². The highest BCUT2D eigenvalue weighted by atomic mass is 16.5. The van der Waals surface area contributed by atoms with Crippen molar-refractivity contribution >= 4 is 6.03 Å². The number of nitrogens with one attached hydrogen (secondary N) is 2. The molecule has 1 aliphatic heterocycles. The maximum atomic E-state index is 11.9. The molecule has 0 spiro atoms. The number of aryl methyl sites for hydroxylation is 1. The standard InChI is InChI=1S/C19H28N2O3/c1-13-4-6-15(7-5-13)18-16(3-2-10-24-18)11-20-19(23)21-12-17(22)14-8-9-14/h4-7,14,16-18,22H,2-3,8-12H2,1H3,(H2,20,21,23)/t16-,17-,18+/m1/s1. The highest BCUT2D eigenvalue weighted by Gasteiger charge is 2.30. The number of rotatable bonds is 6. The van der Waals surface area contributed by atoms with Gasteiger partial charge in [-0.3, -0.25) is 0 Å². The summed E-state index contributed by atoms with van der Waals surface area (Å²) >= 11 is 0. The predicted molar refractivity (Wildman–Crippen MR) is 92.7 cm³/mol. The predicted octanol–water partition coefficient (Wildman–Crippen LogP) is 2.53. The van der Waals surface area contributed by atoms with Gasteiger partial charge in [-0.25, -0.2) is 4.79 Å². The second-order valence-corrected chi connectivity index (χ2v) is 7.10. The maximum Gasteiger partial charge on any atom is 0.314 e. The molecule has 2 fully saturated rings. The smallest absolute Gasteiger partial charge is 0.314 e. The monoisotopic (exact) mass is 332 g/mol. The normalized spacial score (nSPS) is 25.1. The number of urea groups is 1. The van der Waals surface area contributed by atoms with Crippen LogP contribution in [0.3, 0.4) is 0 Å². The molecule has 1 saturated heterocycles. The van der Waals surface area contributed by atoms with Gasteiger partial charge in [0, 0.05) is 25.6 Å². The van der Waals surface area contributed by atoms with Crippen molar-refractivity contribution in [3.8, 4) is 0 Å². The largest absolute Gasteiger partial charge is 0.391 e. The first-order valence-corrected chi connectivity index (χ1v) is 9.01. The quantitative estimate of drug-likeness (QED) is 0.750. The van der Waals surface area contributed by atoms with E-state index in [-0.39, 0.29) is 18.1 Å².